The third-order valence-electron chi connectivity index (χ3n) is 5.38. The van der Waals surface area contributed by atoms with E-state index in [-0.39, 0.29) is 0 Å². The summed E-state index contributed by atoms with van der Waals surface area (Å²) in [6, 6.07) is 30.9. The molecule has 148 valence electrons. The minimum Gasteiger partial charge on any atom is -0.497 e. The molecule has 4 aromatic carbocycles. The zero-order valence-corrected chi connectivity index (χ0v) is 16.9. The standard InChI is InChI=1S/C26H22N2O2/c1-29-19-12-14-21-22-15-13-20(30-2)17-26(22)28(25(21)16-19)24-11-7-6-10-23(24)27-18-8-4-3-5-9-18/h3-17,27H,1-2H3. The highest BCUT2D eigenvalue weighted by Gasteiger charge is 2.16. The number of ether oxygens (including phenoxy) is 2. The molecule has 5 rings (SSSR count). The maximum absolute atomic E-state index is 5.53. The highest BCUT2D eigenvalue weighted by molar-refractivity contribution is 6.10. The van der Waals surface area contributed by atoms with Crippen molar-refractivity contribution in [3.05, 3.63) is 91.0 Å². The first-order chi connectivity index (χ1) is 14.8. The molecule has 0 aliphatic carbocycles. The van der Waals surface area contributed by atoms with E-state index in [2.05, 4.69) is 64.5 Å². The summed E-state index contributed by atoms with van der Waals surface area (Å²) in [4.78, 5) is 0. The molecule has 0 atom stereocenters. The minimum atomic E-state index is 0.826. The number of para-hydroxylation sites is 3. The van der Waals surface area contributed by atoms with Gasteiger partial charge in [-0.15, -0.1) is 0 Å². The molecule has 0 unspecified atom stereocenters. The fraction of sp³-hybridized carbons (Fsp3) is 0.0769. The highest BCUT2D eigenvalue weighted by atomic mass is 16.5. The van der Waals surface area contributed by atoms with Crippen molar-refractivity contribution >= 4 is 33.2 Å². The first kappa shape index (κ1) is 18.1. The zero-order chi connectivity index (χ0) is 20.5. The van der Waals surface area contributed by atoms with Crippen molar-refractivity contribution in [2.75, 3.05) is 19.5 Å². The Bertz CT molecular complexity index is 1280. The van der Waals surface area contributed by atoms with E-state index in [1.807, 2.05) is 36.4 Å². The largest absolute Gasteiger partial charge is 0.497 e. The molecule has 0 spiro atoms. The first-order valence-corrected chi connectivity index (χ1v) is 9.86. The van der Waals surface area contributed by atoms with Gasteiger partial charge in [0.2, 0.25) is 0 Å². The Morgan fingerprint density at radius 1 is 0.633 bits per heavy atom. The van der Waals surface area contributed by atoms with E-state index in [4.69, 9.17) is 9.47 Å². The number of hydrogen-bond donors (Lipinski definition) is 1. The van der Waals surface area contributed by atoms with Gasteiger partial charge in [-0.2, -0.15) is 0 Å². The van der Waals surface area contributed by atoms with Crippen LogP contribution in [0.5, 0.6) is 11.5 Å². The van der Waals surface area contributed by atoms with Crippen LogP contribution < -0.4 is 14.8 Å². The van der Waals surface area contributed by atoms with Crippen LogP contribution in [-0.2, 0) is 0 Å². The zero-order valence-electron chi connectivity index (χ0n) is 16.9. The van der Waals surface area contributed by atoms with Crippen molar-refractivity contribution in [3.63, 3.8) is 0 Å². The van der Waals surface area contributed by atoms with Crippen LogP contribution in [0.4, 0.5) is 11.4 Å². The molecule has 5 aromatic rings. The van der Waals surface area contributed by atoms with Gasteiger partial charge in [0.25, 0.3) is 0 Å². The Hall–Kier alpha value is -3.92. The number of benzene rings is 4. The Morgan fingerprint density at radius 2 is 1.20 bits per heavy atom. The number of hydrogen-bond acceptors (Lipinski definition) is 3. The Labute approximate surface area is 175 Å². The Morgan fingerprint density at radius 3 is 1.80 bits per heavy atom. The van der Waals surface area contributed by atoms with Gasteiger partial charge in [-0.25, -0.2) is 0 Å². The van der Waals surface area contributed by atoms with Crippen molar-refractivity contribution in [1.29, 1.82) is 0 Å². The topological polar surface area (TPSA) is 35.4 Å². The van der Waals surface area contributed by atoms with Gasteiger partial charge in [0, 0.05) is 28.6 Å². The molecule has 0 radical (unpaired) electrons. The maximum Gasteiger partial charge on any atom is 0.120 e. The third kappa shape index (κ3) is 3.03. The van der Waals surface area contributed by atoms with E-state index >= 15 is 0 Å². The fourth-order valence-electron chi connectivity index (χ4n) is 3.94. The lowest BCUT2D eigenvalue weighted by Crippen LogP contribution is -2.00. The number of nitrogens with one attached hydrogen (secondary N) is 1. The van der Waals surface area contributed by atoms with Crippen LogP contribution in [0.15, 0.2) is 91.0 Å². The molecule has 0 bridgehead atoms. The number of nitrogens with zero attached hydrogens (tertiary/aromatic N) is 1. The lowest BCUT2D eigenvalue weighted by molar-refractivity contribution is 0.415. The van der Waals surface area contributed by atoms with E-state index < -0.39 is 0 Å². The van der Waals surface area contributed by atoms with E-state index in [0.717, 1.165) is 39.6 Å². The summed E-state index contributed by atoms with van der Waals surface area (Å²) < 4.78 is 13.3. The van der Waals surface area contributed by atoms with E-state index in [1.165, 1.54) is 10.8 Å². The van der Waals surface area contributed by atoms with Gasteiger partial charge in [-0.05, 0) is 48.5 Å². The summed E-state index contributed by atoms with van der Waals surface area (Å²) in [5.74, 6) is 1.65. The molecule has 0 aliphatic rings. The van der Waals surface area contributed by atoms with Crippen molar-refractivity contribution < 1.29 is 9.47 Å². The number of rotatable bonds is 5. The van der Waals surface area contributed by atoms with Crippen molar-refractivity contribution in [1.82, 2.24) is 4.57 Å². The second kappa shape index (κ2) is 7.48. The molecule has 30 heavy (non-hydrogen) atoms. The van der Waals surface area contributed by atoms with Gasteiger partial charge in [-0.1, -0.05) is 30.3 Å². The second-order valence-electron chi connectivity index (χ2n) is 7.11. The number of methoxy groups -OCH3 is 2. The number of fused-ring (bicyclic) bond motifs is 3. The average molecular weight is 394 g/mol. The number of aromatic nitrogens is 1. The first-order valence-electron chi connectivity index (χ1n) is 9.86. The van der Waals surface area contributed by atoms with Crippen molar-refractivity contribution in [2.45, 2.75) is 0 Å². The summed E-state index contributed by atoms with van der Waals surface area (Å²) >= 11 is 0. The predicted octanol–water partition coefficient (Wildman–Crippen LogP) is 6.54. The molecule has 4 nitrogen and oxygen atoms in total. The smallest absolute Gasteiger partial charge is 0.120 e. The number of anilines is 2. The van der Waals surface area contributed by atoms with Crippen LogP contribution in [0.25, 0.3) is 27.5 Å². The summed E-state index contributed by atoms with van der Waals surface area (Å²) in [7, 11) is 3.39. The van der Waals surface area contributed by atoms with Crippen molar-refractivity contribution in [2.24, 2.45) is 0 Å². The molecule has 0 amide bonds. The lowest BCUT2D eigenvalue weighted by Gasteiger charge is -2.15. The molecule has 4 heteroatoms. The van der Waals surface area contributed by atoms with Gasteiger partial charge in [0.15, 0.2) is 0 Å². The minimum absolute atomic E-state index is 0.826. The van der Waals surface area contributed by atoms with Crippen LogP contribution in [0, 0.1) is 0 Å². The predicted molar refractivity (Wildman–Crippen MR) is 124 cm³/mol. The molecule has 1 N–H and O–H groups in total. The molecular formula is C26H22N2O2. The maximum atomic E-state index is 5.53. The molecule has 0 aliphatic heterocycles. The van der Waals surface area contributed by atoms with Crippen LogP contribution in [0.2, 0.25) is 0 Å². The van der Waals surface area contributed by atoms with Crippen LogP contribution >= 0.6 is 0 Å². The molecule has 0 saturated carbocycles. The van der Waals surface area contributed by atoms with E-state index in [1.54, 1.807) is 14.2 Å². The van der Waals surface area contributed by atoms with E-state index in [9.17, 15) is 0 Å². The lowest BCUT2D eigenvalue weighted by atomic mass is 10.1. The second-order valence-corrected chi connectivity index (χ2v) is 7.11. The SMILES string of the molecule is COc1ccc2c3ccc(OC)cc3n(-c3ccccc3Nc3ccccc3)c2c1. The molecule has 0 fully saturated rings. The molecule has 0 saturated heterocycles. The molecule has 1 aromatic heterocycles. The Balaban J connectivity index is 1.81. The van der Waals surface area contributed by atoms with Gasteiger partial charge in [-0.3, -0.25) is 0 Å². The summed E-state index contributed by atoms with van der Waals surface area (Å²) in [5.41, 5.74) is 5.29. The average Bonchev–Trinajstić information content (AvgIpc) is 3.12. The highest BCUT2D eigenvalue weighted by Crippen LogP contribution is 2.38. The van der Waals surface area contributed by atoms with Crippen LogP contribution in [0.3, 0.4) is 0 Å². The Kier molecular flexibility index (Phi) is 4.52. The fourth-order valence-corrected chi connectivity index (χ4v) is 3.94. The van der Waals surface area contributed by atoms with E-state index in [0.29, 0.717) is 0 Å². The third-order valence-corrected chi connectivity index (χ3v) is 5.38. The van der Waals surface area contributed by atoms with Gasteiger partial charge >= 0.3 is 0 Å². The summed E-state index contributed by atoms with van der Waals surface area (Å²) in [5, 5.41) is 5.90. The van der Waals surface area contributed by atoms with Crippen molar-refractivity contribution in [3.8, 4) is 17.2 Å². The quantitative estimate of drug-likeness (QED) is 0.367. The monoisotopic (exact) mass is 394 g/mol. The molecule has 1 heterocycles. The van der Waals surface area contributed by atoms with Gasteiger partial charge in [0.1, 0.15) is 11.5 Å². The van der Waals surface area contributed by atoms with Crippen LogP contribution in [0.1, 0.15) is 0 Å². The summed E-state index contributed by atoms with van der Waals surface area (Å²) in [6.45, 7) is 0. The summed E-state index contributed by atoms with van der Waals surface area (Å²) in [6.07, 6.45) is 0. The molecular weight excluding hydrogens is 372 g/mol. The van der Waals surface area contributed by atoms with Crippen LogP contribution in [-0.4, -0.2) is 18.8 Å². The van der Waals surface area contributed by atoms with Gasteiger partial charge in [0.05, 0.1) is 36.6 Å². The normalized spacial score (nSPS) is 11.0. The van der Waals surface area contributed by atoms with Gasteiger partial charge < -0.3 is 19.4 Å².